The van der Waals surface area contributed by atoms with Crippen LogP contribution < -0.4 is 0 Å². The van der Waals surface area contributed by atoms with Crippen molar-refractivity contribution in [3.8, 4) is 0 Å². The van der Waals surface area contributed by atoms with Gasteiger partial charge in [0, 0.05) is 0 Å². The third-order valence-electron chi connectivity index (χ3n) is 0.780. The highest BCUT2D eigenvalue weighted by molar-refractivity contribution is 6.77. The van der Waals surface area contributed by atoms with E-state index >= 15 is 0 Å². The summed E-state index contributed by atoms with van der Waals surface area (Å²) in [6, 6.07) is 0. The van der Waals surface area contributed by atoms with Gasteiger partial charge in [0.25, 0.3) is 0 Å². The maximum absolute atomic E-state index is 9.40. The van der Waals surface area contributed by atoms with E-state index in [1.54, 1.807) is 13.1 Å². The van der Waals surface area contributed by atoms with Gasteiger partial charge in [-0.25, -0.2) is 4.89 Å². The minimum absolute atomic E-state index is 1.43. The van der Waals surface area contributed by atoms with E-state index < -0.39 is 17.1 Å². The summed E-state index contributed by atoms with van der Waals surface area (Å²) in [5.74, 6) is 0. The van der Waals surface area contributed by atoms with Crippen molar-refractivity contribution in [2.45, 2.75) is 26.2 Å². The van der Waals surface area contributed by atoms with Crippen molar-refractivity contribution < 1.29 is 18.4 Å². The van der Waals surface area contributed by atoms with E-state index in [-0.39, 0.29) is 0 Å². The standard InChI is InChI=1S/C5H16O4Si2/c1-7-8-11(4,5)9-10(2,3)6/h6H,1-5H3. The number of hydrogen-bond acceptors (Lipinski definition) is 4. The highest BCUT2D eigenvalue weighted by atomic mass is 28.5. The van der Waals surface area contributed by atoms with Crippen molar-refractivity contribution in [3.63, 3.8) is 0 Å². The normalized spacial score (nSPS) is 13.6. The molecule has 0 unspecified atom stereocenters. The van der Waals surface area contributed by atoms with E-state index in [2.05, 4.69) is 4.89 Å². The smallest absolute Gasteiger partial charge is 0.360 e. The second kappa shape index (κ2) is 3.79. The Hall–Kier alpha value is 0.274. The predicted molar refractivity (Wildman–Crippen MR) is 46.4 cm³/mol. The van der Waals surface area contributed by atoms with Crippen LogP contribution in [0.25, 0.3) is 0 Å². The maximum atomic E-state index is 9.40. The summed E-state index contributed by atoms with van der Waals surface area (Å²) in [6.07, 6.45) is 0. The van der Waals surface area contributed by atoms with Gasteiger partial charge in [0.15, 0.2) is 0 Å². The molecule has 0 fully saturated rings. The van der Waals surface area contributed by atoms with Gasteiger partial charge in [-0.3, -0.25) is 4.58 Å². The van der Waals surface area contributed by atoms with Gasteiger partial charge in [0.2, 0.25) is 0 Å². The fourth-order valence-electron chi connectivity index (χ4n) is 0.819. The van der Waals surface area contributed by atoms with Crippen LogP contribution in [0.15, 0.2) is 0 Å². The molecule has 11 heavy (non-hydrogen) atoms. The number of rotatable bonds is 4. The zero-order chi connectivity index (χ0) is 9.12. The maximum Gasteiger partial charge on any atom is 0.360 e. The van der Waals surface area contributed by atoms with Crippen LogP contribution in [0.2, 0.25) is 26.2 Å². The molecule has 1 N–H and O–H groups in total. The molecule has 0 aromatic heterocycles. The van der Waals surface area contributed by atoms with Gasteiger partial charge in [-0.15, -0.1) is 0 Å². The van der Waals surface area contributed by atoms with E-state index in [9.17, 15) is 4.80 Å². The van der Waals surface area contributed by atoms with Crippen molar-refractivity contribution in [2.75, 3.05) is 7.11 Å². The summed E-state index contributed by atoms with van der Waals surface area (Å²) in [6.45, 7) is 7.03. The monoisotopic (exact) mass is 196 g/mol. The first-order chi connectivity index (χ1) is 4.77. The zero-order valence-corrected chi connectivity index (χ0v) is 9.67. The van der Waals surface area contributed by atoms with Crippen LogP contribution in [0.4, 0.5) is 0 Å². The van der Waals surface area contributed by atoms with Crippen LogP contribution in [0.5, 0.6) is 0 Å². The van der Waals surface area contributed by atoms with Crippen molar-refractivity contribution in [2.24, 2.45) is 0 Å². The summed E-state index contributed by atoms with van der Waals surface area (Å²) >= 11 is 0. The molecule has 0 aliphatic rings. The SMILES string of the molecule is COO[Si](C)(C)O[Si](C)(C)O. The Kier molecular flexibility index (Phi) is 3.88. The second-order valence-corrected chi connectivity index (χ2v) is 9.87. The molecule has 0 saturated carbocycles. The first-order valence-electron chi connectivity index (χ1n) is 3.41. The van der Waals surface area contributed by atoms with Gasteiger partial charge >= 0.3 is 17.1 Å². The fraction of sp³-hybridized carbons (Fsp3) is 1.00. The average Bonchev–Trinajstić information content (AvgIpc) is 1.55. The Balaban J connectivity index is 3.91. The quantitative estimate of drug-likeness (QED) is 0.413. The van der Waals surface area contributed by atoms with Crippen molar-refractivity contribution >= 4 is 17.1 Å². The molecular weight excluding hydrogens is 180 g/mol. The summed E-state index contributed by atoms with van der Waals surface area (Å²) in [5.41, 5.74) is 0. The van der Waals surface area contributed by atoms with Crippen LogP contribution in [0.1, 0.15) is 0 Å². The predicted octanol–water partition coefficient (Wildman–Crippen LogP) is 0.977. The lowest BCUT2D eigenvalue weighted by molar-refractivity contribution is -0.201. The summed E-state index contributed by atoms with van der Waals surface area (Å²) < 4.78 is 10.2. The second-order valence-electron chi connectivity index (χ2n) is 3.20. The van der Waals surface area contributed by atoms with Crippen LogP contribution in [0, 0.1) is 0 Å². The molecule has 0 atom stereocenters. The average molecular weight is 196 g/mol. The summed E-state index contributed by atoms with van der Waals surface area (Å²) in [5, 5.41) is 0. The van der Waals surface area contributed by atoms with Crippen molar-refractivity contribution in [1.29, 1.82) is 0 Å². The molecule has 0 bridgehead atoms. The molecule has 0 heterocycles. The highest BCUT2D eigenvalue weighted by Crippen LogP contribution is 2.12. The molecule has 0 aromatic carbocycles. The molecule has 6 heteroatoms. The molecule has 0 aromatic rings. The van der Waals surface area contributed by atoms with E-state index in [4.69, 9.17) is 8.69 Å². The van der Waals surface area contributed by atoms with E-state index in [0.29, 0.717) is 0 Å². The first-order valence-corrected chi connectivity index (χ1v) is 9.08. The minimum Gasteiger partial charge on any atom is -0.414 e. The molecule has 0 rings (SSSR count). The Bertz CT molecular complexity index is 120. The van der Waals surface area contributed by atoms with Crippen molar-refractivity contribution in [1.82, 2.24) is 0 Å². The van der Waals surface area contributed by atoms with Crippen LogP contribution >= 0.6 is 0 Å². The lowest BCUT2D eigenvalue weighted by Crippen LogP contribution is -2.46. The summed E-state index contributed by atoms with van der Waals surface area (Å²) in [4.78, 5) is 13.9. The van der Waals surface area contributed by atoms with Crippen LogP contribution in [-0.4, -0.2) is 29.0 Å². The summed E-state index contributed by atoms with van der Waals surface area (Å²) in [7, 11) is -3.29. The van der Waals surface area contributed by atoms with Gasteiger partial charge in [-0.1, -0.05) is 0 Å². The molecular formula is C5H16O4Si2. The molecule has 0 amide bonds. The first kappa shape index (κ1) is 11.3. The molecule has 68 valence electrons. The van der Waals surface area contributed by atoms with Crippen LogP contribution in [-0.2, 0) is 13.6 Å². The Morgan fingerprint density at radius 3 is 1.82 bits per heavy atom. The third-order valence-corrected chi connectivity index (χ3v) is 5.31. The van der Waals surface area contributed by atoms with Crippen molar-refractivity contribution in [3.05, 3.63) is 0 Å². The molecule has 0 radical (unpaired) electrons. The van der Waals surface area contributed by atoms with Gasteiger partial charge in [-0.05, 0) is 26.2 Å². The lowest BCUT2D eigenvalue weighted by atomic mass is 11.8. The fourth-order valence-corrected chi connectivity index (χ4v) is 6.17. The highest BCUT2D eigenvalue weighted by Gasteiger charge is 2.34. The third kappa shape index (κ3) is 6.66. The Morgan fingerprint density at radius 2 is 1.55 bits per heavy atom. The van der Waals surface area contributed by atoms with Gasteiger partial charge in [0.1, 0.15) is 0 Å². The minimum atomic E-state index is -2.47. The number of hydrogen-bond donors (Lipinski definition) is 1. The molecule has 0 spiro atoms. The van der Waals surface area contributed by atoms with Gasteiger partial charge in [-0.2, -0.15) is 0 Å². The van der Waals surface area contributed by atoms with Gasteiger partial charge in [0.05, 0.1) is 7.11 Å². The largest absolute Gasteiger partial charge is 0.414 e. The van der Waals surface area contributed by atoms with Gasteiger partial charge < -0.3 is 8.91 Å². The topological polar surface area (TPSA) is 47.9 Å². The van der Waals surface area contributed by atoms with E-state index in [1.807, 2.05) is 13.1 Å². The zero-order valence-electron chi connectivity index (χ0n) is 7.67. The Labute approximate surface area is 69.5 Å². The molecule has 0 aliphatic heterocycles. The molecule has 0 aliphatic carbocycles. The van der Waals surface area contributed by atoms with E-state index in [0.717, 1.165) is 0 Å². The van der Waals surface area contributed by atoms with E-state index in [1.165, 1.54) is 7.11 Å². The molecule has 4 nitrogen and oxygen atoms in total. The Morgan fingerprint density at radius 1 is 1.09 bits per heavy atom. The van der Waals surface area contributed by atoms with Crippen LogP contribution in [0.3, 0.4) is 0 Å². The molecule has 0 saturated heterocycles. The lowest BCUT2D eigenvalue weighted by Gasteiger charge is -2.26.